The predicted molar refractivity (Wildman–Crippen MR) is 89.7 cm³/mol. The Kier molecular flexibility index (Phi) is 4.60. The number of hydrogen-bond donors (Lipinski definition) is 1. The van der Waals surface area contributed by atoms with Crippen LogP contribution in [0.25, 0.3) is 0 Å². The van der Waals surface area contributed by atoms with Gasteiger partial charge >= 0.3 is 0 Å². The van der Waals surface area contributed by atoms with Crippen molar-refractivity contribution in [3.8, 4) is 11.5 Å². The zero-order valence-electron chi connectivity index (χ0n) is 14.0. The standard InChI is InChI=1S/C19H25NO3/c1-12(8-13-5-7-17(22-2)18(11-13)23-3)20-19(21)16-10-14-4-6-15(16)9-14/h4-7,11-12,14-16H,8-10H2,1-3H3,(H,20,21)/t12-,14+,15+,16-/m1/s1. The maximum atomic E-state index is 12.5. The monoisotopic (exact) mass is 315 g/mol. The smallest absolute Gasteiger partial charge is 0.223 e. The quantitative estimate of drug-likeness (QED) is 0.821. The molecule has 1 N–H and O–H groups in total. The van der Waals surface area contributed by atoms with Gasteiger partial charge in [0.25, 0.3) is 0 Å². The third-order valence-corrected chi connectivity index (χ3v) is 4.99. The second-order valence-corrected chi connectivity index (χ2v) is 6.69. The fraction of sp³-hybridized carbons (Fsp3) is 0.526. The number of fused-ring (bicyclic) bond motifs is 2. The van der Waals surface area contributed by atoms with Crippen LogP contribution in [0, 0.1) is 17.8 Å². The molecule has 0 unspecified atom stereocenters. The maximum absolute atomic E-state index is 12.5. The molecule has 1 saturated carbocycles. The molecule has 3 rings (SSSR count). The van der Waals surface area contributed by atoms with Gasteiger partial charge in [0, 0.05) is 12.0 Å². The minimum Gasteiger partial charge on any atom is -0.493 e. The van der Waals surface area contributed by atoms with Crippen LogP contribution in [0.15, 0.2) is 30.4 Å². The zero-order chi connectivity index (χ0) is 16.4. The molecule has 2 aliphatic rings. The van der Waals surface area contributed by atoms with Gasteiger partial charge in [0.1, 0.15) is 0 Å². The van der Waals surface area contributed by atoms with E-state index in [-0.39, 0.29) is 17.9 Å². The average Bonchev–Trinajstić information content (AvgIpc) is 3.17. The first-order valence-electron chi connectivity index (χ1n) is 8.30. The van der Waals surface area contributed by atoms with E-state index >= 15 is 0 Å². The lowest BCUT2D eigenvalue weighted by Gasteiger charge is -2.21. The third-order valence-electron chi connectivity index (χ3n) is 4.99. The molecule has 0 heterocycles. The minimum absolute atomic E-state index is 0.101. The highest BCUT2D eigenvalue weighted by Crippen LogP contribution is 2.43. The Morgan fingerprint density at radius 3 is 2.61 bits per heavy atom. The van der Waals surface area contributed by atoms with E-state index in [2.05, 4.69) is 24.4 Å². The summed E-state index contributed by atoms with van der Waals surface area (Å²) in [6.07, 6.45) is 7.43. The first-order valence-corrected chi connectivity index (χ1v) is 8.30. The number of hydrogen-bond acceptors (Lipinski definition) is 3. The first kappa shape index (κ1) is 15.9. The molecule has 2 aliphatic carbocycles. The molecular formula is C19H25NO3. The minimum atomic E-state index is 0.101. The van der Waals surface area contributed by atoms with Gasteiger partial charge in [-0.2, -0.15) is 0 Å². The van der Waals surface area contributed by atoms with Crippen LogP contribution in [-0.4, -0.2) is 26.2 Å². The molecular weight excluding hydrogens is 290 g/mol. The third kappa shape index (κ3) is 3.36. The molecule has 0 aliphatic heterocycles. The first-order chi connectivity index (χ1) is 11.1. The number of benzene rings is 1. The molecule has 4 heteroatoms. The summed E-state index contributed by atoms with van der Waals surface area (Å²) in [7, 11) is 3.26. The normalized spacial score (nSPS) is 26.1. The van der Waals surface area contributed by atoms with Crippen molar-refractivity contribution in [2.24, 2.45) is 17.8 Å². The van der Waals surface area contributed by atoms with Crippen molar-refractivity contribution in [1.82, 2.24) is 5.32 Å². The number of nitrogens with one attached hydrogen (secondary N) is 1. The van der Waals surface area contributed by atoms with Crippen LogP contribution < -0.4 is 14.8 Å². The summed E-state index contributed by atoms with van der Waals surface area (Å²) in [6, 6.07) is 6.00. The van der Waals surface area contributed by atoms with Gasteiger partial charge in [0.2, 0.25) is 5.91 Å². The molecule has 0 spiro atoms. The molecule has 4 nitrogen and oxygen atoms in total. The van der Waals surface area contributed by atoms with Crippen molar-refractivity contribution >= 4 is 5.91 Å². The number of amides is 1. The van der Waals surface area contributed by atoms with E-state index in [1.807, 2.05) is 18.2 Å². The average molecular weight is 315 g/mol. The fourth-order valence-electron chi connectivity index (χ4n) is 3.84. The number of methoxy groups -OCH3 is 2. The van der Waals surface area contributed by atoms with Gasteiger partial charge in [-0.05, 0) is 55.7 Å². The molecule has 23 heavy (non-hydrogen) atoms. The Hall–Kier alpha value is -1.97. The molecule has 4 atom stereocenters. The molecule has 2 bridgehead atoms. The Balaban J connectivity index is 1.58. The number of carbonyl (C=O) groups excluding carboxylic acids is 1. The van der Waals surface area contributed by atoms with Gasteiger partial charge in [-0.25, -0.2) is 0 Å². The highest BCUT2D eigenvalue weighted by atomic mass is 16.5. The lowest BCUT2D eigenvalue weighted by Crippen LogP contribution is -2.39. The molecule has 1 amide bonds. The number of allylic oxidation sites excluding steroid dienone is 2. The highest BCUT2D eigenvalue weighted by molar-refractivity contribution is 5.80. The number of ether oxygens (including phenoxy) is 2. The van der Waals surface area contributed by atoms with Gasteiger partial charge in [0.15, 0.2) is 11.5 Å². The number of carbonyl (C=O) groups is 1. The van der Waals surface area contributed by atoms with Crippen molar-refractivity contribution in [2.75, 3.05) is 14.2 Å². The van der Waals surface area contributed by atoms with Gasteiger partial charge in [-0.1, -0.05) is 18.2 Å². The SMILES string of the molecule is COc1ccc(C[C@@H](C)NC(=O)[C@@H]2C[C@H]3C=C[C@H]2C3)cc1OC. The molecule has 124 valence electrons. The van der Waals surface area contributed by atoms with Crippen molar-refractivity contribution in [1.29, 1.82) is 0 Å². The lowest BCUT2D eigenvalue weighted by atomic mass is 9.92. The molecule has 1 aromatic carbocycles. The second kappa shape index (κ2) is 6.65. The number of rotatable bonds is 6. The Labute approximate surface area is 137 Å². The Bertz CT molecular complexity index is 611. The van der Waals surface area contributed by atoms with E-state index in [9.17, 15) is 4.79 Å². The summed E-state index contributed by atoms with van der Waals surface area (Å²) in [5.41, 5.74) is 1.13. The molecule has 0 aromatic heterocycles. The van der Waals surface area contributed by atoms with Crippen LogP contribution in [0.2, 0.25) is 0 Å². The van der Waals surface area contributed by atoms with Crippen LogP contribution in [0.3, 0.4) is 0 Å². The van der Waals surface area contributed by atoms with E-state index < -0.39 is 0 Å². The highest BCUT2D eigenvalue weighted by Gasteiger charge is 2.39. The summed E-state index contributed by atoms with van der Waals surface area (Å²) in [5.74, 6) is 2.89. The van der Waals surface area contributed by atoms with Crippen LogP contribution >= 0.6 is 0 Å². The van der Waals surface area contributed by atoms with E-state index in [0.29, 0.717) is 11.8 Å². The van der Waals surface area contributed by atoms with Crippen molar-refractivity contribution < 1.29 is 14.3 Å². The second-order valence-electron chi connectivity index (χ2n) is 6.69. The summed E-state index contributed by atoms with van der Waals surface area (Å²) in [4.78, 5) is 12.5. The Morgan fingerprint density at radius 1 is 1.22 bits per heavy atom. The van der Waals surface area contributed by atoms with Crippen LogP contribution in [0.5, 0.6) is 11.5 Å². The topological polar surface area (TPSA) is 47.6 Å². The molecule has 1 aromatic rings. The van der Waals surface area contributed by atoms with E-state index in [1.165, 1.54) is 0 Å². The van der Waals surface area contributed by atoms with Crippen LogP contribution in [0.4, 0.5) is 0 Å². The van der Waals surface area contributed by atoms with Gasteiger partial charge in [-0.3, -0.25) is 4.79 Å². The van der Waals surface area contributed by atoms with Crippen LogP contribution in [0.1, 0.15) is 25.3 Å². The lowest BCUT2D eigenvalue weighted by molar-refractivity contribution is -0.126. The van der Waals surface area contributed by atoms with Gasteiger partial charge in [-0.15, -0.1) is 0 Å². The fourth-order valence-corrected chi connectivity index (χ4v) is 3.84. The zero-order valence-corrected chi connectivity index (χ0v) is 14.0. The van der Waals surface area contributed by atoms with Crippen molar-refractivity contribution in [2.45, 2.75) is 32.2 Å². The maximum Gasteiger partial charge on any atom is 0.223 e. The van der Waals surface area contributed by atoms with Crippen molar-refractivity contribution in [3.05, 3.63) is 35.9 Å². The molecule has 0 radical (unpaired) electrons. The Morgan fingerprint density at radius 2 is 2.00 bits per heavy atom. The van der Waals surface area contributed by atoms with Gasteiger partial charge < -0.3 is 14.8 Å². The predicted octanol–water partition coefficient (Wildman–Crippen LogP) is 2.96. The van der Waals surface area contributed by atoms with E-state index in [0.717, 1.165) is 36.3 Å². The molecule has 1 fully saturated rings. The van der Waals surface area contributed by atoms with Crippen LogP contribution in [-0.2, 0) is 11.2 Å². The summed E-state index contributed by atoms with van der Waals surface area (Å²) in [6.45, 7) is 2.05. The summed E-state index contributed by atoms with van der Waals surface area (Å²) >= 11 is 0. The summed E-state index contributed by atoms with van der Waals surface area (Å²) < 4.78 is 10.6. The van der Waals surface area contributed by atoms with E-state index in [1.54, 1.807) is 14.2 Å². The van der Waals surface area contributed by atoms with E-state index in [4.69, 9.17) is 9.47 Å². The van der Waals surface area contributed by atoms with Gasteiger partial charge in [0.05, 0.1) is 14.2 Å². The van der Waals surface area contributed by atoms with Crippen molar-refractivity contribution in [3.63, 3.8) is 0 Å². The molecule has 0 saturated heterocycles. The summed E-state index contributed by atoms with van der Waals surface area (Å²) in [5, 5.41) is 3.18. The largest absolute Gasteiger partial charge is 0.493 e.